The summed E-state index contributed by atoms with van der Waals surface area (Å²) in [5.41, 5.74) is -2.77. The van der Waals surface area contributed by atoms with Crippen LogP contribution < -0.4 is 0 Å². The molecular weight excluding hydrogens is 582 g/mol. The number of esters is 1. The molecule has 0 heterocycles. The Morgan fingerprint density at radius 2 is 1.87 bits per heavy atom. The molecule has 3 saturated carbocycles. The summed E-state index contributed by atoms with van der Waals surface area (Å²) >= 11 is 27.2. The zero-order valence-corrected chi connectivity index (χ0v) is 26.5. The molecule has 0 aromatic rings. The van der Waals surface area contributed by atoms with Gasteiger partial charge in [0.05, 0.1) is 21.9 Å². The maximum Gasteiger partial charge on any atom is 0.306 e. The summed E-state index contributed by atoms with van der Waals surface area (Å²) in [6.45, 7) is 10.3. The first-order chi connectivity index (χ1) is 18.3. The number of alkyl halides is 3. The van der Waals surface area contributed by atoms with Gasteiger partial charge in [0, 0.05) is 23.2 Å². The Labute approximate surface area is 252 Å². The van der Waals surface area contributed by atoms with Gasteiger partial charge in [0.1, 0.15) is 6.17 Å². The van der Waals surface area contributed by atoms with Gasteiger partial charge >= 0.3 is 5.97 Å². The number of rotatable bonds is 8. The van der Waals surface area contributed by atoms with Crippen LogP contribution in [0.15, 0.2) is 22.8 Å². The summed E-state index contributed by atoms with van der Waals surface area (Å²) in [5, 5.41) is -0.487. The van der Waals surface area contributed by atoms with Crippen molar-refractivity contribution in [3.05, 3.63) is 22.8 Å². The van der Waals surface area contributed by atoms with Gasteiger partial charge in [-0.2, -0.15) is 0 Å². The van der Waals surface area contributed by atoms with Crippen LogP contribution in [0, 0.1) is 28.6 Å². The largest absolute Gasteiger partial charge is 0.483 e. The maximum absolute atomic E-state index is 16.1. The number of halogens is 4. The number of hydrogen-bond donors (Lipinski definition) is 0. The minimum atomic E-state index is -1.45. The van der Waals surface area contributed by atoms with Crippen LogP contribution in [0.5, 0.6) is 0 Å². The van der Waals surface area contributed by atoms with Crippen LogP contribution in [0.1, 0.15) is 86.0 Å². The quantitative estimate of drug-likeness (QED) is 0.118. The van der Waals surface area contributed by atoms with Crippen molar-refractivity contribution in [2.45, 2.75) is 108 Å². The number of thiocarbonyl (C=S) groups is 1. The van der Waals surface area contributed by atoms with Crippen molar-refractivity contribution in [3.63, 3.8) is 0 Å². The highest BCUT2D eigenvalue weighted by molar-refractivity contribution is 7.80. The Hall–Kier alpha value is -0.690. The lowest BCUT2D eigenvalue weighted by Gasteiger charge is -2.64. The smallest absolute Gasteiger partial charge is 0.306 e. The second-order valence-electron chi connectivity index (χ2n) is 12.3. The van der Waals surface area contributed by atoms with Gasteiger partial charge in [-0.15, -0.1) is 23.2 Å². The molecule has 0 amide bonds. The number of ether oxygens (including phenoxy) is 2. The lowest BCUT2D eigenvalue weighted by Crippen LogP contribution is -2.69. The van der Waals surface area contributed by atoms with Crippen LogP contribution in [0.2, 0.25) is 0 Å². The van der Waals surface area contributed by atoms with E-state index in [9.17, 15) is 9.59 Å². The molecule has 3 fully saturated rings. The van der Waals surface area contributed by atoms with E-state index in [1.54, 1.807) is 13.0 Å². The van der Waals surface area contributed by atoms with Crippen LogP contribution in [-0.4, -0.2) is 45.4 Å². The highest BCUT2D eigenvalue weighted by Crippen LogP contribution is 2.73. The minimum absolute atomic E-state index is 0.0738. The first-order valence-corrected chi connectivity index (χ1v) is 15.9. The maximum atomic E-state index is 16.1. The highest BCUT2D eigenvalue weighted by atomic mass is 35.5. The summed E-state index contributed by atoms with van der Waals surface area (Å²) in [6, 6.07) is 0. The standard InChI is InChI=1S/C30H40Cl3FO4S/c1-6-8-9-10-13-37-26(39)30(38-23(36)7-2)17(3)14-18-19-15-20(34)24-25(32)21(35)11-12-27(24,4)29(19,33)22(31)16-28(18,30)5/h11-12,17-20,22H,6-10,13-16H2,1-5H3/t17-,18+,19+,20+,22+,27+,28+,29+,30+/m1/s1. The van der Waals surface area contributed by atoms with Crippen molar-refractivity contribution in [3.8, 4) is 0 Å². The molecule has 0 unspecified atom stereocenters. The van der Waals surface area contributed by atoms with Gasteiger partial charge in [0.15, 0.2) is 11.4 Å². The van der Waals surface area contributed by atoms with E-state index >= 15 is 4.39 Å². The summed E-state index contributed by atoms with van der Waals surface area (Å²) in [7, 11) is 0. The van der Waals surface area contributed by atoms with E-state index in [1.165, 1.54) is 6.08 Å². The fourth-order valence-corrected chi connectivity index (χ4v) is 10.4. The normalized spacial score (nSPS) is 43.0. The van der Waals surface area contributed by atoms with Crippen molar-refractivity contribution in [2.75, 3.05) is 6.61 Å². The Morgan fingerprint density at radius 1 is 1.18 bits per heavy atom. The molecule has 0 radical (unpaired) electrons. The molecule has 0 N–H and O–H groups in total. The molecular formula is C30H40Cl3FO4S. The Morgan fingerprint density at radius 3 is 2.51 bits per heavy atom. The SMILES string of the molecule is CCCCCCOC(=S)[C@@]1(OC(=O)CC)[C@H](C)C[C@H]2[C@@H]3C[C@H](F)C4=C(Cl)C(=O)C=C[C@]4(C)[C@@]3(Cl)[C@@H](Cl)C[C@@]21C. The zero-order valence-electron chi connectivity index (χ0n) is 23.5. The first kappa shape index (κ1) is 31.3. The molecule has 0 bridgehead atoms. The van der Waals surface area contributed by atoms with Crippen LogP contribution in [0.4, 0.5) is 4.39 Å². The average Bonchev–Trinajstić information content (AvgIpc) is 3.10. The molecule has 4 rings (SSSR count). The van der Waals surface area contributed by atoms with E-state index in [-0.39, 0.29) is 52.2 Å². The number of carbonyl (C=O) groups excluding carboxylic acids is 2. The molecule has 4 nitrogen and oxygen atoms in total. The number of unbranched alkanes of at least 4 members (excludes halogenated alkanes) is 3. The molecule has 4 aliphatic carbocycles. The molecule has 0 aromatic carbocycles. The van der Waals surface area contributed by atoms with E-state index in [4.69, 9.17) is 56.5 Å². The number of carbonyl (C=O) groups is 2. The van der Waals surface area contributed by atoms with Gasteiger partial charge in [0.2, 0.25) is 5.05 Å². The molecule has 9 heteroatoms. The van der Waals surface area contributed by atoms with E-state index in [0.717, 1.165) is 25.7 Å². The molecule has 0 aliphatic heterocycles. The number of fused-ring (bicyclic) bond motifs is 5. The molecule has 218 valence electrons. The van der Waals surface area contributed by atoms with Gasteiger partial charge in [-0.05, 0) is 61.4 Å². The van der Waals surface area contributed by atoms with Gasteiger partial charge < -0.3 is 9.47 Å². The van der Waals surface area contributed by atoms with Crippen molar-refractivity contribution in [1.29, 1.82) is 0 Å². The average molecular weight is 622 g/mol. The molecule has 0 spiro atoms. The third kappa shape index (κ3) is 4.44. The first-order valence-electron chi connectivity index (χ1n) is 14.3. The Kier molecular flexibility index (Phi) is 8.96. The molecule has 0 saturated heterocycles. The van der Waals surface area contributed by atoms with Crippen molar-refractivity contribution >= 4 is 63.8 Å². The van der Waals surface area contributed by atoms with Crippen LogP contribution in [0.25, 0.3) is 0 Å². The summed E-state index contributed by atoms with van der Waals surface area (Å²) in [5.74, 6) is -1.52. The van der Waals surface area contributed by atoms with Crippen LogP contribution in [0.3, 0.4) is 0 Å². The van der Waals surface area contributed by atoms with E-state index in [2.05, 4.69) is 13.8 Å². The number of hydrogen-bond acceptors (Lipinski definition) is 5. The minimum Gasteiger partial charge on any atom is -0.483 e. The monoisotopic (exact) mass is 620 g/mol. The second-order valence-corrected chi connectivity index (χ2v) is 14.2. The second kappa shape index (κ2) is 11.2. The molecule has 39 heavy (non-hydrogen) atoms. The predicted octanol–water partition coefficient (Wildman–Crippen LogP) is 8.25. The van der Waals surface area contributed by atoms with Crippen molar-refractivity contribution in [2.24, 2.45) is 28.6 Å². The summed E-state index contributed by atoms with van der Waals surface area (Å²) in [6.07, 6.45) is 6.98. The van der Waals surface area contributed by atoms with E-state index in [1.807, 2.05) is 13.8 Å². The van der Waals surface area contributed by atoms with E-state index in [0.29, 0.717) is 19.4 Å². The summed E-state index contributed by atoms with van der Waals surface area (Å²) < 4.78 is 28.6. The van der Waals surface area contributed by atoms with E-state index < -0.39 is 38.6 Å². The predicted molar refractivity (Wildman–Crippen MR) is 158 cm³/mol. The Bertz CT molecular complexity index is 1100. The van der Waals surface area contributed by atoms with Gasteiger partial charge in [-0.3, -0.25) is 9.59 Å². The fourth-order valence-electron chi connectivity index (χ4n) is 8.30. The Balaban J connectivity index is 1.78. The topological polar surface area (TPSA) is 52.6 Å². The van der Waals surface area contributed by atoms with Gasteiger partial charge in [0.25, 0.3) is 0 Å². The van der Waals surface area contributed by atoms with Gasteiger partial charge in [-0.1, -0.05) is 71.6 Å². The van der Waals surface area contributed by atoms with Crippen molar-refractivity contribution < 1.29 is 23.5 Å². The third-order valence-corrected chi connectivity index (χ3v) is 12.7. The molecule has 0 aromatic heterocycles. The summed E-state index contributed by atoms with van der Waals surface area (Å²) in [4.78, 5) is 24.2. The van der Waals surface area contributed by atoms with Crippen LogP contribution >= 0.6 is 47.0 Å². The number of allylic oxidation sites excluding steroid dienone is 4. The highest BCUT2D eigenvalue weighted by Gasteiger charge is 2.77. The van der Waals surface area contributed by atoms with Crippen molar-refractivity contribution in [1.82, 2.24) is 0 Å². The van der Waals surface area contributed by atoms with Crippen LogP contribution in [-0.2, 0) is 19.1 Å². The fraction of sp³-hybridized carbons (Fsp3) is 0.767. The molecule has 9 atom stereocenters. The lowest BCUT2D eigenvalue weighted by atomic mass is 9.46. The molecule has 4 aliphatic rings. The van der Waals surface area contributed by atoms with Gasteiger partial charge in [-0.25, -0.2) is 4.39 Å². The lowest BCUT2D eigenvalue weighted by molar-refractivity contribution is -0.174. The number of ketones is 1. The zero-order chi connectivity index (χ0) is 29.0. The third-order valence-electron chi connectivity index (χ3n) is 10.3.